The highest BCUT2D eigenvalue weighted by Crippen LogP contribution is 2.40. The van der Waals surface area contributed by atoms with E-state index in [0.717, 1.165) is 15.7 Å². The van der Waals surface area contributed by atoms with Crippen molar-refractivity contribution in [2.24, 2.45) is 0 Å². The summed E-state index contributed by atoms with van der Waals surface area (Å²) >= 11 is 0. The Morgan fingerprint density at radius 1 is 1.00 bits per heavy atom. The number of quaternary nitrogens is 1. The summed E-state index contributed by atoms with van der Waals surface area (Å²) in [6.45, 7) is 5.43. The van der Waals surface area contributed by atoms with Crippen LogP contribution in [0.25, 0.3) is 21.7 Å². The molecule has 0 unspecified atom stereocenters. The molecule has 0 aliphatic heterocycles. The molecule has 5 nitrogen and oxygen atoms in total. The Bertz CT molecular complexity index is 1370. The second-order valence-electron chi connectivity index (χ2n) is 7.77. The predicted molar refractivity (Wildman–Crippen MR) is 119 cm³/mol. The zero-order valence-corrected chi connectivity index (χ0v) is 18.1. The smallest absolute Gasteiger partial charge is 0.453 e. The highest BCUT2D eigenvalue weighted by molar-refractivity contribution is 5.85. The maximum atomic E-state index is 14.0. The van der Waals surface area contributed by atoms with Crippen molar-refractivity contribution < 1.29 is 32.3 Å². The average Bonchev–Trinajstić information content (AvgIpc) is 2.79. The zero-order chi connectivity index (χ0) is 23.8. The van der Waals surface area contributed by atoms with Gasteiger partial charge in [-0.05, 0) is 48.9 Å². The van der Waals surface area contributed by atoms with Gasteiger partial charge in [0.15, 0.2) is 5.58 Å². The molecule has 0 saturated heterocycles. The van der Waals surface area contributed by atoms with Crippen LogP contribution in [0.5, 0.6) is 17.2 Å². The molecule has 0 aliphatic rings. The molecule has 172 valence electrons. The Kier molecular flexibility index (Phi) is 6.03. The molecule has 33 heavy (non-hydrogen) atoms. The number of aromatic hydroxyl groups is 1. The first-order valence-corrected chi connectivity index (χ1v) is 10.6. The number of hydrogen-bond acceptors (Lipinski definition) is 4. The van der Waals surface area contributed by atoms with Crippen molar-refractivity contribution >= 4 is 21.7 Å². The van der Waals surface area contributed by atoms with Gasteiger partial charge in [-0.15, -0.1) is 0 Å². The lowest BCUT2D eigenvalue weighted by atomic mass is 10.1. The average molecular weight is 458 g/mol. The quantitative estimate of drug-likeness (QED) is 0.432. The Labute approximate surface area is 187 Å². The number of benzene rings is 3. The second-order valence-corrected chi connectivity index (χ2v) is 7.77. The molecular weight excluding hydrogens is 435 g/mol. The molecule has 0 atom stereocenters. The molecule has 1 aromatic heterocycles. The van der Waals surface area contributed by atoms with Crippen LogP contribution in [0.3, 0.4) is 0 Å². The van der Waals surface area contributed by atoms with Crippen LogP contribution in [0.15, 0.2) is 63.8 Å². The molecule has 0 spiro atoms. The topological polar surface area (TPSA) is 64.1 Å². The first kappa shape index (κ1) is 22.7. The molecule has 0 bridgehead atoms. The third-order valence-electron chi connectivity index (χ3n) is 5.72. The molecular formula is C25H23F3NO4+. The van der Waals surface area contributed by atoms with Gasteiger partial charge in [-0.25, -0.2) is 0 Å². The standard InChI is InChI=1S/C25H22F3NO4/c1-3-29(4-2)14-19-20(30)12-11-18-21(31)23(24(25(26,27)28)33-22(18)19)32-17-10-9-15-7-5-6-8-16(15)13-17/h5-13,30H,3-4,14H2,1-2H3/p+1. The third-order valence-corrected chi connectivity index (χ3v) is 5.72. The van der Waals surface area contributed by atoms with Gasteiger partial charge in [0.25, 0.3) is 5.76 Å². The third kappa shape index (κ3) is 4.39. The summed E-state index contributed by atoms with van der Waals surface area (Å²) in [5.74, 6) is -2.61. The second kappa shape index (κ2) is 8.78. The molecule has 4 rings (SSSR count). The first-order valence-electron chi connectivity index (χ1n) is 10.6. The normalized spacial score (nSPS) is 12.1. The molecule has 3 aromatic carbocycles. The minimum absolute atomic E-state index is 0.0810. The SMILES string of the molecule is CC[NH+](CC)Cc1c(O)ccc2c(=O)c(Oc3ccc4ccccc4c3)c(C(F)(F)F)oc12. The van der Waals surface area contributed by atoms with Crippen LogP contribution >= 0.6 is 0 Å². The fraction of sp³-hybridized carbons (Fsp3) is 0.240. The molecule has 1 heterocycles. The summed E-state index contributed by atoms with van der Waals surface area (Å²) in [6, 6.07) is 14.6. The van der Waals surface area contributed by atoms with E-state index in [9.17, 15) is 23.1 Å². The van der Waals surface area contributed by atoms with Crippen LogP contribution in [0.1, 0.15) is 25.2 Å². The van der Waals surface area contributed by atoms with Crippen LogP contribution in [0.2, 0.25) is 0 Å². The summed E-state index contributed by atoms with van der Waals surface area (Å²) in [6.07, 6.45) is -4.98. The molecule has 0 amide bonds. The summed E-state index contributed by atoms with van der Waals surface area (Å²) in [5, 5.41) is 11.9. The molecule has 0 radical (unpaired) electrons. The van der Waals surface area contributed by atoms with E-state index in [0.29, 0.717) is 13.1 Å². The van der Waals surface area contributed by atoms with E-state index in [1.807, 2.05) is 26.0 Å². The number of rotatable bonds is 6. The number of phenols is 1. The van der Waals surface area contributed by atoms with Crippen molar-refractivity contribution in [1.82, 2.24) is 0 Å². The van der Waals surface area contributed by atoms with Gasteiger partial charge in [-0.3, -0.25) is 4.79 Å². The fourth-order valence-corrected chi connectivity index (χ4v) is 3.84. The van der Waals surface area contributed by atoms with E-state index < -0.39 is 23.1 Å². The van der Waals surface area contributed by atoms with Crippen LogP contribution in [0, 0.1) is 0 Å². The number of fused-ring (bicyclic) bond motifs is 2. The van der Waals surface area contributed by atoms with Gasteiger partial charge >= 0.3 is 6.18 Å². The Morgan fingerprint density at radius 3 is 2.36 bits per heavy atom. The zero-order valence-electron chi connectivity index (χ0n) is 18.1. The van der Waals surface area contributed by atoms with Gasteiger partial charge in [0, 0.05) is 0 Å². The number of halogens is 3. The predicted octanol–water partition coefficient (Wildman–Crippen LogP) is 4.89. The maximum Gasteiger partial charge on any atom is 0.453 e. The van der Waals surface area contributed by atoms with E-state index in [-0.39, 0.29) is 34.6 Å². The minimum atomic E-state index is -4.98. The highest BCUT2D eigenvalue weighted by Gasteiger charge is 2.41. The van der Waals surface area contributed by atoms with E-state index in [2.05, 4.69) is 0 Å². The van der Waals surface area contributed by atoms with Crippen molar-refractivity contribution in [2.75, 3.05) is 13.1 Å². The first-order chi connectivity index (χ1) is 15.7. The van der Waals surface area contributed by atoms with Crippen molar-refractivity contribution in [3.8, 4) is 17.2 Å². The van der Waals surface area contributed by atoms with Crippen LogP contribution < -0.4 is 15.1 Å². The minimum Gasteiger partial charge on any atom is -0.507 e. The van der Waals surface area contributed by atoms with Crippen molar-refractivity contribution in [3.63, 3.8) is 0 Å². The van der Waals surface area contributed by atoms with Crippen molar-refractivity contribution in [1.29, 1.82) is 0 Å². The van der Waals surface area contributed by atoms with Crippen LogP contribution in [0.4, 0.5) is 13.2 Å². The van der Waals surface area contributed by atoms with E-state index in [1.165, 1.54) is 18.2 Å². The van der Waals surface area contributed by atoms with E-state index >= 15 is 0 Å². The largest absolute Gasteiger partial charge is 0.507 e. The summed E-state index contributed by atoms with van der Waals surface area (Å²) < 4.78 is 52.6. The Balaban J connectivity index is 1.91. The number of hydrogen-bond donors (Lipinski definition) is 2. The molecule has 0 saturated carbocycles. The van der Waals surface area contributed by atoms with E-state index in [4.69, 9.17) is 9.15 Å². The fourth-order valence-electron chi connectivity index (χ4n) is 3.84. The van der Waals surface area contributed by atoms with Crippen molar-refractivity contribution in [3.05, 3.63) is 76.1 Å². The van der Waals surface area contributed by atoms with Gasteiger partial charge < -0.3 is 19.2 Å². The molecule has 0 aliphatic carbocycles. The number of alkyl halides is 3. The van der Waals surface area contributed by atoms with Crippen LogP contribution in [-0.2, 0) is 12.7 Å². The molecule has 2 N–H and O–H groups in total. The Morgan fingerprint density at radius 2 is 1.70 bits per heavy atom. The lowest BCUT2D eigenvalue weighted by Gasteiger charge is -2.18. The highest BCUT2D eigenvalue weighted by atomic mass is 19.4. The summed E-state index contributed by atoms with van der Waals surface area (Å²) in [7, 11) is 0. The summed E-state index contributed by atoms with van der Waals surface area (Å²) in [4.78, 5) is 14.2. The monoisotopic (exact) mass is 458 g/mol. The van der Waals surface area contributed by atoms with E-state index in [1.54, 1.807) is 24.3 Å². The summed E-state index contributed by atoms with van der Waals surface area (Å²) in [5.41, 5.74) is -1.07. The van der Waals surface area contributed by atoms with Gasteiger partial charge in [0.1, 0.15) is 18.0 Å². The van der Waals surface area contributed by atoms with Crippen molar-refractivity contribution in [2.45, 2.75) is 26.6 Å². The number of phenolic OH excluding ortho intramolecular Hbond substituents is 1. The van der Waals surface area contributed by atoms with Gasteiger partial charge in [0.2, 0.25) is 11.2 Å². The maximum absolute atomic E-state index is 14.0. The molecule has 8 heteroatoms. The lowest BCUT2D eigenvalue weighted by Crippen LogP contribution is -3.10. The van der Waals surface area contributed by atoms with Gasteiger partial charge in [-0.1, -0.05) is 30.3 Å². The molecule has 4 aromatic rings. The number of ether oxygens (including phenoxy) is 1. The Hall–Kier alpha value is -3.52. The molecule has 0 fully saturated rings. The van der Waals surface area contributed by atoms with Gasteiger partial charge in [0.05, 0.1) is 24.0 Å². The lowest BCUT2D eigenvalue weighted by molar-refractivity contribution is -0.910. The van der Waals surface area contributed by atoms with Gasteiger partial charge in [-0.2, -0.15) is 13.2 Å². The number of nitrogens with one attached hydrogen (secondary N) is 1. The van der Waals surface area contributed by atoms with Crippen LogP contribution in [-0.4, -0.2) is 18.2 Å².